The third-order valence-electron chi connectivity index (χ3n) is 3.75. The van der Waals surface area contributed by atoms with Crippen molar-refractivity contribution in [3.05, 3.63) is 0 Å². The first-order valence-electron chi connectivity index (χ1n) is 9.00. The molecule has 0 aromatic rings. The van der Waals surface area contributed by atoms with Gasteiger partial charge >= 0.3 is 17.9 Å². The Bertz CT molecular complexity index is 415. The lowest BCUT2D eigenvalue weighted by Gasteiger charge is -2.31. The summed E-state index contributed by atoms with van der Waals surface area (Å²) in [6, 6.07) is 0. The summed E-state index contributed by atoms with van der Waals surface area (Å²) in [5.41, 5.74) is -0.805. The molecule has 6 nitrogen and oxygen atoms in total. The maximum Gasteiger partial charge on any atom is 0.306 e. The van der Waals surface area contributed by atoms with E-state index in [0.29, 0.717) is 6.42 Å². The molecular formula is C18H32O6S3. The fourth-order valence-corrected chi connectivity index (χ4v) is 2.48. The van der Waals surface area contributed by atoms with Crippen LogP contribution >= 0.6 is 37.9 Å². The van der Waals surface area contributed by atoms with Gasteiger partial charge in [0.1, 0.15) is 19.8 Å². The summed E-state index contributed by atoms with van der Waals surface area (Å²) >= 11 is 12.5. The molecule has 0 fully saturated rings. The number of esters is 3. The van der Waals surface area contributed by atoms with Gasteiger partial charge in [0.25, 0.3) is 0 Å². The van der Waals surface area contributed by atoms with Gasteiger partial charge in [0.15, 0.2) is 0 Å². The Labute approximate surface area is 178 Å². The van der Waals surface area contributed by atoms with Gasteiger partial charge in [-0.3, -0.25) is 14.4 Å². The van der Waals surface area contributed by atoms with Gasteiger partial charge in [0.05, 0.1) is 24.7 Å². The molecule has 0 aromatic carbocycles. The van der Waals surface area contributed by atoms with E-state index in [-0.39, 0.29) is 54.8 Å². The van der Waals surface area contributed by atoms with E-state index >= 15 is 0 Å². The molecule has 9 heteroatoms. The van der Waals surface area contributed by atoms with Crippen LogP contribution < -0.4 is 0 Å². The largest absolute Gasteiger partial charge is 0.465 e. The Morgan fingerprint density at radius 1 is 0.704 bits per heavy atom. The predicted molar refractivity (Wildman–Crippen MR) is 115 cm³/mol. The molecule has 0 aliphatic carbocycles. The lowest BCUT2D eigenvalue weighted by molar-refractivity contribution is -0.162. The summed E-state index contributed by atoms with van der Waals surface area (Å²) in [5, 5.41) is -0.381. The van der Waals surface area contributed by atoms with Crippen LogP contribution in [0, 0.1) is 5.41 Å². The molecule has 0 saturated carbocycles. The minimum atomic E-state index is -0.805. The van der Waals surface area contributed by atoms with E-state index in [1.165, 1.54) is 0 Å². The van der Waals surface area contributed by atoms with Crippen LogP contribution in [0.25, 0.3) is 0 Å². The van der Waals surface area contributed by atoms with E-state index in [4.69, 9.17) is 14.2 Å². The Balaban J connectivity index is 4.97. The van der Waals surface area contributed by atoms with Crippen molar-refractivity contribution >= 4 is 55.8 Å². The van der Waals surface area contributed by atoms with Gasteiger partial charge in [-0.1, -0.05) is 27.7 Å². The van der Waals surface area contributed by atoms with Crippen molar-refractivity contribution in [2.45, 2.75) is 69.1 Å². The summed E-state index contributed by atoms with van der Waals surface area (Å²) < 4.78 is 16.0. The molecule has 3 unspecified atom stereocenters. The highest BCUT2D eigenvalue weighted by Crippen LogP contribution is 2.25. The van der Waals surface area contributed by atoms with Crippen molar-refractivity contribution in [3.63, 3.8) is 0 Å². The standard InChI is InChI=1S/C18H32O6S3/c1-5-18(9-22-15(19)6-12(2)25,10-23-16(20)7-13(3)26)11-24-17(21)8-14(4)27/h12-14,25-27H,5-11H2,1-4H3. The van der Waals surface area contributed by atoms with Crippen LogP contribution in [0.3, 0.4) is 0 Å². The third-order valence-corrected chi connectivity index (χ3v) is 4.30. The molecule has 0 bridgehead atoms. The molecule has 158 valence electrons. The van der Waals surface area contributed by atoms with Crippen molar-refractivity contribution in [1.82, 2.24) is 0 Å². The number of carbonyl (C=O) groups excluding carboxylic acids is 3. The molecule has 0 amide bonds. The van der Waals surface area contributed by atoms with Crippen LogP contribution in [0.2, 0.25) is 0 Å². The molecule has 0 saturated heterocycles. The van der Waals surface area contributed by atoms with Gasteiger partial charge in [0.2, 0.25) is 0 Å². The van der Waals surface area contributed by atoms with Gasteiger partial charge in [-0.25, -0.2) is 0 Å². The van der Waals surface area contributed by atoms with Crippen molar-refractivity contribution in [2.24, 2.45) is 5.41 Å². The van der Waals surface area contributed by atoms with E-state index in [1.54, 1.807) is 20.8 Å². The van der Waals surface area contributed by atoms with Gasteiger partial charge < -0.3 is 14.2 Å². The topological polar surface area (TPSA) is 78.9 Å². The first-order chi connectivity index (χ1) is 12.5. The molecule has 0 aromatic heterocycles. The van der Waals surface area contributed by atoms with Gasteiger partial charge in [0, 0.05) is 15.7 Å². The summed E-state index contributed by atoms with van der Waals surface area (Å²) in [6.45, 7) is 7.18. The zero-order valence-electron chi connectivity index (χ0n) is 16.5. The lowest BCUT2D eigenvalue weighted by Crippen LogP contribution is -2.39. The second-order valence-corrected chi connectivity index (χ2v) is 9.64. The van der Waals surface area contributed by atoms with Crippen LogP contribution in [-0.4, -0.2) is 53.5 Å². The van der Waals surface area contributed by atoms with Crippen LogP contribution in [-0.2, 0) is 28.6 Å². The zero-order valence-corrected chi connectivity index (χ0v) is 19.2. The number of ether oxygens (including phenoxy) is 3. The van der Waals surface area contributed by atoms with Crippen molar-refractivity contribution in [3.8, 4) is 0 Å². The second kappa shape index (κ2) is 13.6. The summed E-state index contributed by atoms with van der Waals surface area (Å²) in [6.07, 6.45) is 0.981. The lowest BCUT2D eigenvalue weighted by atomic mass is 9.88. The highest BCUT2D eigenvalue weighted by Gasteiger charge is 2.34. The average molecular weight is 441 g/mol. The van der Waals surface area contributed by atoms with Gasteiger partial charge in [-0.15, -0.1) is 0 Å². The Morgan fingerprint density at radius 2 is 0.963 bits per heavy atom. The highest BCUT2D eigenvalue weighted by molar-refractivity contribution is 7.81. The smallest absolute Gasteiger partial charge is 0.306 e. The van der Waals surface area contributed by atoms with E-state index in [0.717, 1.165) is 0 Å². The quantitative estimate of drug-likeness (QED) is 0.232. The van der Waals surface area contributed by atoms with Crippen LogP contribution in [0.15, 0.2) is 0 Å². The number of carbonyl (C=O) groups is 3. The monoisotopic (exact) mass is 440 g/mol. The molecule has 0 spiro atoms. The van der Waals surface area contributed by atoms with E-state index < -0.39 is 23.3 Å². The molecule has 0 N–H and O–H groups in total. The van der Waals surface area contributed by atoms with Gasteiger partial charge in [-0.05, 0) is 6.42 Å². The number of thiol groups is 3. The van der Waals surface area contributed by atoms with E-state index in [2.05, 4.69) is 37.9 Å². The Kier molecular flexibility index (Phi) is 13.3. The normalized spacial score (nSPS) is 16.6. The van der Waals surface area contributed by atoms with E-state index in [1.807, 2.05) is 6.92 Å². The molecule has 27 heavy (non-hydrogen) atoms. The van der Waals surface area contributed by atoms with Gasteiger partial charge in [-0.2, -0.15) is 37.9 Å². The first kappa shape index (κ1) is 26.5. The summed E-state index contributed by atoms with van der Waals surface area (Å²) in [7, 11) is 0. The maximum atomic E-state index is 11.9. The zero-order chi connectivity index (χ0) is 21.0. The minimum absolute atomic E-state index is 0.0176. The average Bonchev–Trinajstić information content (AvgIpc) is 2.52. The molecule has 0 aliphatic rings. The molecule has 0 aliphatic heterocycles. The Hall–Kier alpha value is -0.540. The number of rotatable bonds is 13. The minimum Gasteiger partial charge on any atom is -0.465 e. The maximum absolute atomic E-state index is 11.9. The van der Waals surface area contributed by atoms with Crippen LogP contribution in [0.1, 0.15) is 53.4 Å². The SMILES string of the molecule is CCC(COC(=O)CC(C)S)(COC(=O)CC(C)S)COC(=O)CC(C)S. The second-order valence-electron chi connectivity index (χ2n) is 7.00. The molecule has 3 atom stereocenters. The predicted octanol–water partition coefficient (Wildman–Crippen LogP) is 3.14. The Morgan fingerprint density at radius 3 is 1.15 bits per heavy atom. The molecule has 0 radical (unpaired) electrons. The van der Waals surface area contributed by atoms with Crippen LogP contribution in [0.4, 0.5) is 0 Å². The fraction of sp³-hybridized carbons (Fsp3) is 0.833. The fourth-order valence-electron chi connectivity index (χ4n) is 2.03. The van der Waals surface area contributed by atoms with Crippen molar-refractivity contribution in [1.29, 1.82) is 0 Å². The van der Waals surface area contributed by atoms with E-state index in [9.17, 15) is 14.4 Å². The molecule has 0 rings (SSSR count). The molecule has 0 heterocycles. The number of hydrogen-bond donors (Lipinski definition) is 3. The summed E-state index contributed by atoms with van der Waals surface area (Å²) in [5.74, 6) is -1.21. The highest BCUT2D eigenvalue weighted by atomic mass is 32.1. The number of hydrogen-bond acceptors (Lipinski definition) is 9. The van der Waals surface area contributed by atoms with Crippen LogP contribution in [0.5, 0.6) is 0 Å². The van der Waals surface area contributed by atoms with Crippen molar-refractivity contribution in [2.75, 3.05) is 19.8 Å². The first-order valence-corrected chi connectivity index (χ1v) is 10.6. The van der Waals surface area contributed by atoms with Crippen molar-refractivity contribution < 1.29 is 28.6 Å². The summed E-state index contributed by atoms with van der Waals surface area (Å²) in [4.78, 5) is 35.6. The molecular weight excluding hydrogens is 408 g/mol. The third kappa shape index (κ3) is 13.3.